The number of hydrogen-bond donors (Lipinski definition) is 0. The minimum atomic E-state index is 0.522. The van der Waals surface area contributed by atoms with E-state index in [0.29, 0.717) is 11.3 Å². The fourth-order valence-electron chi connectivity index (χ4n) is 0.705. The van der Waals surface area contributed by atoms with Crippen molar-refractivity contribution in [2.24, 2.45) is 0 Å². The van der Waals surface area contributed by atoms with Gasteiger partial charge in [0.25, 0.3) is 0 Å². The van der Waals surface area contributed by atoms with Gasteiger partial charge in [-0.3, -0.25) is 4.79 Å². The number of aldehydes is 1. The molecule has 11 heavy (non-hydrogen) atoms. The minimum absolute atomic E-state index is 0.522. The number of ether oxygens (including phenoxy) is 1. The summed E-state index contributed by atoms with van der Waals surface area (Å²) < 4.78 is 4.94. The number of rotatable bonds is 2. The second kappa shape index (κ2) is 3.59. The molecule has 0 saturated carbocycles. The third kappa shape index (κ3) is 1.95. The first-order chi connectivity index (χ1) is 5.36. The third-order valence-electron chi connectivity index (χ3n) is 1.29. The van der Waals surface area contributed by atoms with Crippen molar-refractivity contribution in [3.63, 3.8) is 0 Å². The highest BCUT2D eigenvalue weighted by molar-refractivity contribution is 5.77. The highest BCUT2D eigenvalue weighted by atomic mass is 16.5. The summed E-state index contributed by atoms with van der Waals surface area (Å²) in [5.41, 5.74) is 3.30. The number of hydrogen-bond acceptors (Lipinski definition) is 2. The molecule has 0 N–H and O–H groups in total. The van der Waals surface area contributed by atoms with E-state index in [1.807, 2.05) is 0 Å². The van der Waals surface area contributed by atoms with Crippen LogP contribution in [0.3, 0.4) is 0 Å². The molecule has 0 atom stereocenters. The molecule has 1 rings (SSSR count). The monoisotopic (exact) mass is 148 g/mol. The Morgan fingerprint density at radius 2 is 2.36 bits per heavy atom. The molecule has 2 heteroatoms. The van der Waals surface area contributed by atoms with Crippen LogP contribution in [0.15, 0.2) is 41.4 Å². The van der Waals surface area contributed by atoms with Crippen LogP contribution in [0.4, 0.5) is 0 Å². The predicted molar refractivity (Wildman–Crippen MR) is 41.9 cm³/mol. The Hall–Kier alpha value is -1.53. The van der Waals surface area contributed by atoms with Gasteiger partial charge < -0.3 is 4.74 Å². The molecule has 0 bridgehead atoms. The first-order valence-electron chi connectivity index (χ1n) is 3.21. The van der Waals surface area contributed by atoms with E-state index in [9.17, 15) is 4.79 Å². The number of methoxy groups -OCH3 is 1. The van der Waals surface area contributed by atoms with Crippen molar-refractivity contribution >= 4 is 6.29 Å². The molecule has 0 unspecified atom stereocenters. The Morgan fingerprint density at radius 1 is 1.55 bits per heavy atom. The Balaban J connectivity index is 2.88. The summed E-state index contributed by atoms with van der Waals surface area (Å²) >= 11 is 0. The molecule has 0 saturated heterocycles. The molecule has 0 aliphatic heterocycles. The molecule has 0 amide bonds. The quantitative estimate of drug-likeness (QED) is 0.436. The molecule has 0 aromatic rings. The maximum absolute atomic E-state index is 10.3. The van der Waals surface area contributed by atoms with Crippen molar-refractivity contribution < 1.29 is 9.53 Å². The van der Waals surface area contributed by atoms with Crippen molar-refractivity contribution in [1.29, 1.82) is 0 Å². The number of allylic oxidation sites excluding steroid dienone is 4. The lowest BCUT2D eigenvalue weighted by Gasteiger charge is -1.94. The fourth-order valence-corrected chi connectivity index (χ4v) is 0.705. The molecule has 0 aromatic heterocycles. The van der Waals surface area contributed by atoms with Gasteiger partial charge in [-0.25, -0.2) is 0 Å². The largest absolute Gasteiger partial charge is 0.497 e. The van der Waals surface area contributed by atoms with E-state index in [1.165, 1.54) is 0 Å². The van der Waals surface area contributed by atoms with Crippen LogP contribution in [0.25, 0.3) is 0 Å². The molecule has 1 aliphatic carbocycles. The predicted octanol–water partition coefficient (Wildman–Crippen LogP) is 1.37. The maximum atomic E-state index is 10.3. The summed E-state index contributed by atoms with van der Waals surface area (Å²) in [6, 6.07) is 0. The lowest BCUT2D eigenvalue weighted by molar-refractivity contribution is -0.104. The van der Waals surface area contributed by atoms with E-state index < -0.39 is 0 Å². The van der Waals surface area contributed by atoms with Gasteiger partial charge in [0.15, 0.2) is 6.29 Å². The van der Waals surface area contributed by atoms with Crippen LogP contribution in [0.2, 0.25) is 0 Å². The van der Waals surface area contributed by atoms with Gasteiger partial charge in [-0.1, -0.05) is 0 Å². The Morgan fingerprint density at radius 3 is 3.00 bits per heavy atom. The van der Waals surface area contributed by atoms with Crippen molar-refractivity contribution in [2.75, 3.05) is 7.11 Å². The highest BCUT2D eigenvalue weighted by Gasteiger charge is 1.92. The van der Waals surface area contributed by atoms with E-state index in [2.05, 4.69) is 5.73 Å². The average molecular weight is 148 g/mol. The van der Waals surface area contributed by atoms with E-state index in [1.54, 1.807) is 31.4 Å². The summed E-state index contributed by atoms with van der Waals surface area (Å²) in [5, 5.41) is 0. The maximum Gasteiger partial charge on any atom is 0.157 e. The molecule has 0 radical (unpaired) electrons. The van der Waals surface area contributed by atoms with Crippen LogP contribution in [-0.2, 0) is 9.53 Å². The summed E-state index contributed by atoms with van der Waals surface area (Å²) in [5.74, 6) is 0.717. The SMILES string of the molecule is COC1=CC=C=C(C=O)C=C1. The summed E-state index contributed by atoms with van der Waals surface area (Å²) in [4.78, 5) is 10.3. The zero-order chi connectivity index (χ0) is 8.10. The van der Waals surface area contributed by atoms with Crippen LogP contribution in [-0.4, -0.2) is 13.4 Å². The minimum Gasteiger partial charge on any atom is -0.497 e. The molecular formula is C9H8O2. The third-order valence-corrected chi connectivity index (χ3v) is 1.29. The topological polar surface area (TPSA) is 26.3 Å². The van der Waals surface area contributed by atoms with Crippen molar-refractivity contribution in [3.05, 3.63) is 41.4 Å². The van der Waals surface area contributed by atoms with E-state index in [0.717, 1.165) is 6.29 Å². The van der Waals surface area contributed by atoms with Gasteiger partial charge in [-0.2, -0.15) is 0 Å². The zero-order valence-electron chi connectivity index (χ0n) is 6.20. The molecule has 0 spiro atoms. The lowest BCUT2D eigenvalue weighted by atomic mass is 10.3. The average Bonchev–Trinajstić information content (AvgIpc) is 2.28. The number of carbonyl (C=O) groups is 1. The Labute approximate surface area is 65.2 Å². The van der Waals surface area contributed by atoms with Gasteiger partial charge in [0.05, 0.1) is 12.7 Å². The van der Waals surface area contributed by atoms with Gasteiger partial charge >= 0.3 is 0 Å². The van der Waals surface area contributed by atoms with Crippen molar-refractivity contribution in [3.8, 4) is 0 Å². The summed E-state index contributed by atoms with van der Waals surface area (Å²) in [6.45, 7) is 0. The van der Waals surface area contributed by atoms with Gasteiger partial charge in [-0.15, -0.1) is 5.73 Å². The van der Waals surface area contributed by atoms with Crippen LogP contribution >= 0.6 is 0 Å². The van der Waals surface area contributed by atoms with Crippen LogP contribution < -0.4 is 0 Å². The second-order valence-electron chi connectivity index (χ2n) is 1.99. The van der Waals surface area contributed by atoms with Crippen LogP contribution in [0, 0.1) is 0 Å². The Bertz CT molecular complexity index is 276. The van der Waals surface area contributed by atoms with E-state index in [-0.39, 0.29) is 0 Å². The first kappa shape index (κ1) is 7.58. The van der Waals surface area contributed by atoms with Crippen molar-refractivity contribution in [1.82, 2.24) is 0 Å². The van der Waals surface area contributed by atoms with Gasteiger partial charge in [0, 0.05) is 0 Å². The molecule has 1 aliphatic rings. The highest BCUT2D eigenvalue weighted by Crippen LogP contribution is 2.04. The summed E-state index contributed by atoms with van der Waals surface area (Å²) in [7, 11) is 1.58. The van der Waals surface area contributed by atoms with Crippen LogP contribution in [0.5, 0.6) is 0 Å². The van der Waals surface area contributed by atoms with Gasteiger partial charge in [0.2, 0.25) is 0 Å². The molecule has 2 nitrogen and oxygen atoms in total. The summed E-state index contributed by atoms with van der Waals surface area (Å²) in [6.07, 6.45) is 7.53. The molecule has 0 aromatic carbocycles. The van der Waals surface area contributed by atoms with E-state index >= 15 is 0 Å². The molecule has 56 valence electrons. The molecule has 0 heterocycles. The molecule has 0 fully saturated rings. The molecular weight excluding hydrogens is 140 g/mol. The standard InChI is InChI=1S/C9H8O2/c1-11-9-4-2-3-8(7-10)5-6-9/h2,4-7H,1H3. The smallest absolute Gasteiger partial charge is 0.157 e. The Kier molecular flexibility index (Phi) is 2.47. The zero-order valence-corrected chi connectivity index (χ0v) is 6.20. The van der Waals surface area contributed by atoms with Crippen molar-refractivity contribution in [2.45, 2.75) is 0 Å². The normalized spacial score (nSPS) is 15.0. The van der Waals surface area contributed by atoms with Gasteiger partial charge in [-0.05, 0) is 24.3 Å². The van der Waals surface area contributed by atoms with Gasteiger partial charge in [0.1, 0.15) is 5.76 Å². The van der Waals surface area contributed by atoms with Crippen LogP contribution in [0.1, 0.15) is 0 Å². The van der Waals surface area contributed by atoms with E-state index in [4.69, 9.17) is 4.74 Å². The second-order valence-corrected chi connectivity index (χ2v) is 1.99. The lowest BCUT2D eigenvalue weighted by Crippen LogP contribution is -1.79. The number of carbonyl (C=O) groups excluding carboxylic acids is 1. The first-order valence-corrected chi connectivity index (χ1v) is 3.21. The fraction of sp³-hybridized carbons (Fsp3) is 0.111.